The van der Waals surface area contributed by atoms with E-state index in [0.717, 1.165) is 57.5 Å². The van der Waals surface area contributed by atoms with Gasteiger partial charge in [0, 0.05) is 38.8 Å². The van der Waals surface area contributed by atoms with E-state index in [0.29, 0.717) is 6.04 Å². The molecule has 4 nitrogen and oxygen atoms in total. The fourth-order valence-electron chi connectivity index (χ4n) is 3.70. The Kier molecular flexibility index (Phi) is 7.52. The van der Waals surface area contributed by atoms with Crippen LogP contribution >= 0.6 is 12.2 Å². The summed E-state index contributed by atoms with van der Waals surface area (Å²) in [4.78, 5) is 4.85. The van der Waals surface area contributed by atoms with Crippen molar-refractivity contribution in [2.24, 2.45) is 0 Å². The molecule has 0 atom stereocenters. The van der Waals surface area contributed by atoms with E-state index >= 15 is 0 Å². The first-order valence-electron chi connectivity index (χ1n) is 9.71. The molecule has 2 fully saturated rings. The van der Waals surface area contributed by atoms with Crippen LogP contribution in [-0.4, -0.2) is 60.3 Å². The van der Waals surface area contributed by atoms with E-state index in [2.05, 4.69) is 45.4 Å². The van der Waals surface area contributed by atoms with Crippen LogP contribution in [0.15, 0.2) is 30.3 Å². The fourth-order valence-corrected chi connectivity index (χ4v) is 4.02. The largest absolute Gasteiger partial charge is 0.379 e. The van der Waals surface area contributed by atoms with E-state index in [1.165, 1.54) is 31.2 Å². The van der Waals surface area contributed by atoms with E-state index in [9.17, 15) is 0 Å². The lowest BCUT2D eigenvalue weighted by molar-refractivity contribution is 0.0367. The summed E-state index contributed by atoms with van der Waals surface area (Å²) in [7, 11) is 0. The van der Waals surface area contributed by atoms with Gasteiger partial charge in [-0.3, -0.25) is 4.90 Å². The zero-order chi connectivity index (χ0) is 17.3. The Bertz CT molecular complexity index is 513. The van der Waals surface area contributed by atoms with E-state index in [-0.39, 0.29) is 0 Å². The number of nitrogens with one attached hydrogen (secondary N) is 1. The Balaban J connectivity index is 1.52. The van der Waals surface area contributed by atoms with Gasteiger partial charge in [-0.15, -0.1) is 0 Å². The molecule has 138 valence electrons. The van der Waals surface area contributed by atoms with Gasteiger partial charge in [-0.05, 0) is 37.0 Å². The second-order valence-corrected chi connectivity index (χ2v) is 7.53. The number of rotatable bonds is 7. The first-order chi connectivity index (χ1) is 12.3. The lowest BCUT2D eigenvalue weighted by Gasteiger charge is -2.30. The van der Waals surface area contributed by atoms with Crippen molar-refractivity contribution in [3.63, 3.8) is 0 Å². The summed E-state index contributed by atoms with van der Waals surface area (Å²) in [5.41, 5.74) is 1.32. The number of ether oxygens (including phenoxy) is 1. The average molecular weight is 362 g/mol. The van der Waals surface area contributed by atoms with E-state index in [1.807, 2.05) is 0 Å². The van der Waals surface area contributed by atoms with Gasteiger partial charge in [0.05, 0.1) is 13.2 Å². The van der Waals surface area contributed by atoms with Crippen molar-refractivity contribution in [2.75, 3.05) is 39.4 Å². The van der Waals surface area contributed by atoms with Crippen molar-refractivity contribution in [2.45, 2.75) is 44.7 Å². The van der Waals surface area contributed by atoms with Gasteiger partial charge in [0.15, 0.2) is 5.11 Å². The normalized spacial score (nSPS) is 19.0. The predicted octanol–water partition coefficient (Wildman–Crippen LogP) is 3.03. The third-order valence-corrected chi connectivity index (χ3v) is 5.57. The van der Waals surface area contributed by atoms with Crippen LogP contribution < -0.4 is 5.32 Å². The van der Waals surface area contributed by atoms with Gasteiger partial charge in [0.25, 0.3) is 0 Å². The lowest BCUT2D eigenvalue weighted by atomic mass is 10.2. The van der Waals surface area contributed by atoms with Gasteiger partial charge in [-0.1, -0.05) is 43.2 Å². The highest BCUT2D eigenvalue weighted by Crippen LogP contribution is 2.18. The number of hydrogen-bond acceptors (Lipinski definition) is 3. The highest BCUT2D eigenvalue weighted by molar-refractivity contribution is 7.80. The molecule has 0 radical (unpaired) electrons. The van der Waals surface area contributed by atoms with Crippen molar-refractivity contribution in [1.29, 1.82) is 0 Å². The standard InChI is InChI=1S/C20H31N3OS/c25-20(21-19-9-4-5-10-19)23(17-18-7-2-1-3-8-18)12-6-11-22-13-15-24-16-14-22/h1-3,7-8,19H,4-6,9-17H2,(H,21,25). The molecular weight excluding hydrogens is 330 g/mol. The minimum absolute atomic E-state index is 0.574. The van der Waals surface area contributed by atoms with Crippen LogP contribution in [0, 0.1) is 0 Å². The number of benzene rings is 1. The van der Waals surface area contributed by atoms with E-state index < -0.39 is 0 Å². The summed E-state index contributed by atoms with van der Waals surface area (Å²) in [6.07, 6.45) is 6.31. The SMILES string of the molecule is S=C(NC1CCCC1)N(CCCN1CCOCC1)Cc1ccccc1. The molecule has 3 rings (SSSR count). The topological polar surface area (TPSA) is 27.7 Å². The van der Waals surface area contributed by atoms with E-state index in [4.69, 9.17) is 17.0 Å². The molecule has 0 spiro atoms. The molecular formula is C20H31N3OS. The van der Waals surface area contributed by atoms with Crippen LogP contribution in [0.4, 0.5) is 0 Å². The van der Waals surface area contributed by atoms with Gasteiger partial charge in [-0.2, -0.15) is 0 Å². The molecule has 0 aromatic heterocycles. The van der Waals surface area contributed by atoms with Crippen LogP contribution in [0.3, 0.4) is 0 Å². The maximum atomic E-state index is 5.76. The molecule has 1 aliphatic carbocycles. The summed E-state index contributed by atoms with van der Waals surface area (Å²) < 4.78 is 5.44. The smallest absolute Gasteiger partial charge is 0.169 e. The summed E-state index contributed by atoms with van der Waals surface area (Å²) in [6, 6.07) is 11.2. The molecule has 1 heterocycles. The summed E-state index contributed by atoms with van der Waals surface area (Å²) >= 11 is 5.76. The van der Waals surface area contributed by atoms with Crippen LogP contribution in [0.2, 0.25) is 0 Å². The Morgan fingerprint density at radius 3 is 2.60 bits per heavy atom. The van der Waals surface area contributed by atoms with Gasteiger partial charge in [0.2, 0.25) is 0 Å². The zero-order valence-electron chi connectivity index (χ0n) is 15.2. The van der Waals surface area contributed by atoms with Crippen LogP contribution in [0.5, 0.6) is 0 Å². The van der Waals surface area contributed by atoms with Crippen molar-refractivity contribution < 1.29 is 4.74 Å². The maximum absolute atomic E-state index is 5.76. The molecule has 1 aromatic rings. The van der Waals surface area contributed by atoms with Gasteiger partial charge in [-0.25, -0.2) is 0 Å². The zero-order valence-corrected chi connectivity index (χ0v) is 16.0. The first kappa shape index (κ1) is 18.6. The predicted molar refractivity (Wildman–Crippen MR) is 107 cm³/mol. The van der Waals surface area contributed by atoms with Crippen molar-refractivity contribution >= 4 is 17.3 Å². The van der Waals surface area contributed by atoms with Gasteiger partial charge < -0.3 is 15.0 Å². The second-order valence-electron chi connectivity index (χ2n) is 7.15. The number of hydrogen-bond donors (Lipinski definition) is 1. The monoisotopic (exact) mass is 361 g/mol. The molecule has 0 unspecified atom stereocenters. The lowest BCUT2D eigenvalue weighted by Crippen LogP contribution is -2.45. The average Bonchev–Trinajstić information content (AvgIpc) is 3.15. The fraction of sp³-hybridized carbons (Fsp3) is 0.650. The van der Waals surface area contributed by atoms with Gasteiger partial charge >= 0.3 is 0 Å². The van der Waals surface area contributed by atoms with Crippen molar-refractivity contribution in [1.82, 2.24) is 15.1 Å². The van der Waals surface area contributed by atoms with E-state index in [1.54, 1.807) is 0 Å². The van der Waals surface area contributed by atoms with Crippen LogP contribution in [0.25, 0.3) is 0 Å². The Morgan fingerprint density at radius 2 is 1.88 bits per heavy atom. The second kappa shape index (κ2) is 10.1. The number of morpholine rings is 1. The number of thiocarbonyl (C=S) groups is 1. The molecule has 5 heteroatoms. The summed E-state index contributed by atoms with van der Waals surface area (Å²) in [5.74, 6) is 0. The van der Waals surface area contributed by atoms with Crippen molar-refractivity contribution in [3.05, 3.63) is 35.9 Å². The molecule has 1 N–H and O–H groups in total. The molecule has 0 amide bonds. The molecule has 1 saturated heterocycles. The van der Waals surface area contributed by atoms with Crippen LogP contribution in [0.1, 0.15) is 37.7 Å². The summed E-state index contributed by atoms with van der Waals surface area (Å²) in [5, 5.41) is 4.54. The summed E-state index contributed by atoms with van der Waals surface area (Å²) in [6.45, 7) is 6.88. The minimum Gasteiger partial charge on any atom is -0.379 e. The molecule has 1 aromatic carbocycles. The molecule has 0 bridgehead atoms. The Morgan fingerprint density at radius 1 is 1.16 bits per heavy atom. The third-order valence-electron chi connectivity index (χ3n) is 5.19. The Hall–Kier alpha value is -1.17. The highest BCUT2D eigenvalue weighted by atomic mass is 32.1. The van der Waals surface area contributed by atoms with Gasteiger partial charge in [0.1, 0.15) is 0 Å². The van der Waals surface area contributed by atoms with Crippen LogP contribution in [-0.2, 0) is 11.3 Å². The third kappa shape index (κ3) is 6.24. The number of nitrogens with zero attached hydrogens (tertiary/aromatic N) is 2. The molecule has 1 aliphatic heterocycles. The minimum atomic E-state index is 0.574. The molecule has 2 aliphatic rings. The Labute approximate surface area is 157 Å². The maximum Gasteiger partial charge on any atom is 0.169 e. The first-order valence-corrected chi connectivity index (χ1v) is 10.1. The molecule has 25 heavy (non-hydrogen) atoms. The molecule has 1 saturated carbocycles. The van der Waals surface area contributed by atoms with Crippen molar-refractivity contribution in [3.8, 4) is 0 Å². The quantitative estimate of drug-likeness (QED) is 0.754. The highest BCUT2D eigenvalue weighted by Gasteiger charge is 2.19.